The zero-order chi connectivity index (χ0) is 17.3. The van der Waals surface area contributed by atoms with Gasteiger partial charge in [-0.15, -0.1) is 0 Å². The van der Waals surface area contributed by atoms with E-state index in [9.17, 15) is 9.59 Å². The Labute approximate surface area is 144 Å². The Balaban J connectivity index is 1.52. The lowest BCUT2D eigenvalue weighted by Gasteiger charge is -2.35. The molecule has 1 N–H and O–H groups in total. The van der Waals surface area contributed by atoms with Crippen LogP contribution in [0, 0.1) is 12.8 Å². The lowest BCUT2D eigenvalue weighted by atomic mass is 10.0. The van der Waals surface area contributed by atoms with Crippen molar-refractivity contribution in [2.45, 2.75) is 39.2 Å². The summed E-state index contributed by atoms with van der Waals surface area (Å²) in [6, 6.07) is 8.45. The molecule has 2 unspecified atom stereocenters. The van der Waals surface area contributed by atoms with Gasteiger partial charge in [0.25, 0.3) is 0 Å². The van der Waals surface area contributed by atoms with E-state index in [2.05, 4.69) is 24.4 Å². The van der Waals surface area contributed by atoms with Crippen LogP contribution in [0.5, 0.6) is 0 Å². The van der Waals surface area contributed by atoms with Crippen LogP contribution < -0.4 is 5.32 Å². The number of benzene rings is 1. The molecular formula is C19H27N3O2. The minimum atomic E-state index is -0.0266. The highest BCUT2D eigenvalue weighted by atomic mass is 16.2. The SMILES string of the molecule is Cc1ccccc1C1CC1C(=O)N1CCN(C(=O)NC(C)C)CC1. The molecule has 0 spiro atoms. The van der Waals surface area contributed by atoms with Gasteiger partial charge in [-0.1, -0.05) is 24.3 Å². The minimum absolute atomic E-state index is 0.0266. The Bertz CT molecular complexity index is 621. The number of carbonyl (C=O) groups is 2. The summed E-state index contributed by atoms with van der Waals surface area (Å²) in [6.07, 6.45) is 0.956. The highest BCUT2D eigenvalue weighted by Gasteiger charge is 2.46. The number of hydrogen-bond acceptors (Lipinski definition) is 2. The number of nitrogens with one attached hydrogen (secondary N) is 1. The van der Waals surface area contributed by atoms with Crippen LogP contribution in [-0.2, 0) is 4.79 Å². The Morgan fingerprint density at radius 1 is 1.08 bits per heavy atom. The molecule has 0 bridgehead atoms. The van der Waals surface area contributed by atoms with Crippen molar-refractivity contribution in [1.82, 2.24) is 15.1 Å². The van der Waals surface area contributed by atoms with Crippen LogP contribution in [0.15, 0.2) is 24.3 Å². The van der Waals surface area contributed by atoms with Crippen molar-refractivity contribution in [3.8, 4) is 0 Å². The van der Waals surface area contributed by atoms with E-state index in [0.717, 1.165) is 6.42 Å². The molecule has 5 nitrogen and oxygen atoms in total. The van der Waals surface area contributed by atoms with Gasteiger partial charge in [0.2, 0.25) is 5.91 Å². The van der Waals surface area contributed by atoms with Crippen molar-refractivity contribution >= 4 is 11.9 Å². The molecule has 2 aliphatic rings. The van der Waals surface area contributed by atoms with Crippen molar-refractivity contribution < 1.29 is 9.59 Å². The Morgan fingerprint density at radius 3 is 2.33 bits per heavy atom. The maximum atomic E-state index is 12.7. The molecular weight excluding hydrogens is 302 g/mol. The van der Waals surface area contributed by atoms with Gasteiger partial charge in [-0.2, -0.15) is 0 Å². The number of nitrogens with zero attached hydrogens (tertiary/aromatic N) is 2. The van der Waals surface area contributed by atoms with Crippen LogP contribution in [0.25, 0.3) is 0 Å². The third kappa shape index (κ3) is 3.55. The summed E-state index contributed by atoms with van der Waals surface area (Å²) in [5.74, 6) is 0.760. The zero-order valence-electron chi connectivity index (χ0n) is 14.8. The highest BCUT2D eigenvalue weighted by molar-refractivity contribution is 5.83. The summed E-state index contributed by atoms with van der Waals surface area (Å²) < 4.78 is 0. The maximum absolute atomic E-state index is 12.7. The first-order valence-corrected chi connectivity index (χ1v) is 8.87. The van der Waals surface area contributed by atoms with Crippen LogP contribution in [0.3, 0.4) is 0 Å². The van der Waals surface area contributed by atoms with Gasteiger partial charge in [0.05, 0.1) is 0 Å². The lowest BCUT2D eigenvalue weighted by molar-refractivity contribution is -0.134. The average Bonchev–Trinajstić information content (AvgIpc) is 3.34. The fourth-order valence-corrected chi connectivity index (χ4v) is 3.52. The minimum Gasteiger partial charge on any atom is -0.339 e. The molecule has 1 aliphatic heterocycles. The Hall–Kier alpha value is -2.04. The predicted molar refractivity (Wildman–Crippen MR) is 93.8 cm³/mol. The number of piperazine rings is 1. The molecule has 1 heterocycles. The Kier molecular flexibility index (Phi) is 4.78. The molecule has 1 aromatic rings. The second kappa shape index (κ2) is 6.83. The zero-order valence-corrected chi connectivity index (χ0v) is 14.8. The lowest BCUT2D eigenvalue weighted by Crippen LogP contribution is -2.54. The van der Waals surface area contributed by atoms with E-state index < -0.39 is 0 Å². The standard InChI is InChI=1S/C19H27N3O2/c1-13(2)20-19(24)22-10-8-21(9-11-22)18(23)17-12-16(17)15-7-5-4-6-14(15)3/h4-7,13,16-17H,8-12H2,1-3H3,(H,20,24). The van der Waals surface area contributed by atoms with E-state index in [4.69, 9.17) is 0 Å². The van der Waals surface area contributed by atoms with Crippen molar-refractivity contribution in [2.75, 3.05) is 26.2 Å². The number of aryl methyl sites for hydroxylation is 1. The maximum Gasteiger partial charge on any atom is 0.317 e. The number of carbonyl (C=O) groups excluding carboxylic acids is 2. The molecule has 3 rings (SSSR count). The number of hydrogen-bond donors (Lipinski definition) is 1. The number of rotatable bonds is 3. The smallest absolute Gasteiger partial charge is 0.317 e. The molecule has 2 atom stereocenters. The number of urea groups is 1. The van der Waals surface area contributed by atoms with E-state index in [1.807, 2.05) is 30.9 Å². The van der Waals surface area contributed by atoms with Gasteiger partial charge >= 0.3 is 6.03 Å². The van der Waals surface area contributed by atoms with Crippen LogP contribution in [0.1, 0.15) is 37.3 Å². The van der Waals surface area contributed by atoms with Gasteiger partial charge in [0.1, 0.15) is 0 Å². The summed E-state index contributed by atoms with van der Waals surface area (Å²) in [6.45, 7) is 8.54. The van der Waals surface area contributed by atoms with Gasteiger partial charge in [-0.3, -0.25) is 4.79 Å². The van der Waals surface area contributed by atoms with Gasteiger partial charge < -0.3 is 15.1 Å². The first kappa shape index (κ1) is 16.8. The second-order valence-corrected chi connectivity index (χ2v) is 7.22. The van der Waals surface area contributed by atoms with E-state index in [-0.39, 0.29) is 23.9 Å². The molecule has 2 fully saturated rings. The predicted octanol–water partition coefficient (Wildman–Crippen LogP) is 2.36. The Morgan fingerprint density at radius 2 is 1.71 bits per heavy atom. The summed E-state index contributed by atoms with van der Waals surface area (Å²) in [5, 5.41) is 2.91. The molecule has 5 heteroatoms. The molecule has 1 saturated heterocycles. The summed E-state index contributed by atoms with van der Waals surface area (Å²) in [4.78, 5) is 28.5. The largest absolute Gasteiger partial charge is 0.339 e. The van der Waals surface area contributed by atoms with E-state index in [0.29, 0.717) is 32.1 Å². The normalized spacial score (nSPS) is 23.3. The fourth-order valence-electron chi connectivity index (χ4n) is 3.52. The summed E-state index contributed by atoms with van der Waals surface area (Å²) >= 11 is 0. The highest BCUT2D eigenvalue weighted by Crippen LogP contribution is 2.49. The average molecular weight is 329 g/mol. The quantitative estimate of drug-likeness (QED) is 0.925. The van der Waals surface area contributed by atoms with Gasteiger partial charge in [0, 0.05) is 38.1 Å². The summed E-state index contributed by atoms with van der Waals surface area (Å²) in [5.41, 5.74) is 2.58. The summed E-state index contributed by atoms with van der Waals surface area (Å²) in [7, 11) is 0. The topological polar surface area (TPSA) is 52.7 Å². The van der Waals surface area contributed by atoms with Crippen LogP contribution in [-0.4, -0.2) is 54.0 Å². The van der Waals surface area contributed by atoms with Crippen molar-refractivity contribution in [2.24, 2.45) is 5.92 Å². The van der Waals surface area contributed by atoms with Crippen molar-refractivity contribution in [3.63, 3.8) is 0 Å². The van der Waals surface area contributed by atoms with Gasteiger partial charge in [0.15, 0.2) is 0 Å². The first-order valence-electron chi connectivity index (χ1n) is 8.87. The van der Waals surface area contributed by atoms with E-state index >= 15 is 0 Å². The van der Waals surface area contributed by atoms with E-state index in [1.54, 1.807) is 4.90 Å². The second-order valence-electron chi connectivity index (χ2n) is 7.22. The third-order valence-electron chi connectivity index (χ3n) is 4.99. The monoisotopic (exact) mass is 329 g/mol. The molecule has 3 amide bonds. The van der Waals surface area contributed by atoms with Crippen LogP contribution >= 0.6 is 0 Å². The fraction of sp³-hybridized carbons (Fsp3) is 0.579. The third-order valence-corrected chi connectivity index (χ3v) is 4.99. The van der Waals surface area contributed by atoms with E-state index in [1.165, 1.54) is 11.1 Å². The number of amides is 3. The molecule has 0 aromatic heterocycles. The first-order chi connectivity index (χ1) is 11.5. The molecule has 1 saturated carbocycles. The van der Waals surface area contributed by atoms with Gasteiger partial charge in [-0.25, -0.2) is 4.79 Å². The van der Waals surface area contributed by atoms with Crippen LogP contribution in [0.2, 0.25) is 0 Å². The van der Waals surface area contributed by atoms with Crippen LogP contribution in [0.4, 0.5) is 4.79 Å². The molecule has 0 radical (unpaired) electrons. The van der Waals surface area contributed by atoms with Crippen molar-refractivity contribution in [1.29, 1.82) is 0 Å². The molecule has 1 aliphatic carbocycles. The molecule has 130 valence electrons. The van der Waals surface area contributed by atoms with Crippen molar-refractivity contribution in [3.05, 3.63) is 35.4 Å². The molecule has 1 aromatic carbocycles. The molecule has 24 heavy (non-hydrogen) atoms. The van der Waals surface area contributed by atoms with Gasteiger partial charge in [-0.05, 0) is 44.2 Å².